The summed E-state index contributed by atoms with van der Waals surface area (Å²) in [5.74, 6) is 0.000785. The Kier molecular flexibility index (Phi) is 5.13. The van der Waals surface area contributed by atoms with E-state index >= 15 is 0 Å². The predicted molar refractivity (Wildman–Crippen MR) is 60.6 cm³/mol. The first kappa shape index (κ1) is 13.9. The maximum Gasteiger partial charge on any atom is 0.216 e. The van der Waals surface area contributed by atoms with Crippen LogP contribution in [0.4, 0.5) is 0 Å². The van der Waals surface area contributed by atoms with Gasteiger partial charge in [0.25, 0.3) is 0 Å². The molecule has 1 heterocycles. The van der Waals surface area contributed by atoms with Gasteiger partial charge < -0.3 is 15.2 Å². The first-order valence-corrected chi connectivity index (χ1v) is 6.92. The zero-order valence-corrected chi connectivity index (χ0v) is 10.6. The van der Waals surface area contributed by atoms with E-state index in [4.69, 9.17) is 15.2 Å². The third-order valence-corrected chi connectivity index (χ3v) is 4.61. The minimum Gasteiger partial charge on any atom is -0.381 e. The fraction of sp³-hybridized carbons (Fsp3) is 1.00. The Morgan fingerprint density at radius 1 is 1.62 bits per heavy atom. The Balaban J connectivity index is 2.61. The Morgan fingerprint density at radius 3 is 2.88 bits per heavy atom. The summed E-state index contributed by atoms with van der Waals surface area (Å²) in [4.78, 5) is 0. The van der Waals surface area contributed by atoms with Gasteiger partial charge in [-0.3, -0.25) is 0 Å². The maximum absolute atomic E-state index is 12.0. The summed E-state index contributed by atoms with van der Waals surface area (Å²) < 4.78 is 35.7. The number of ether oxygens (including phenoxy) is 2. The van der Waals surface area contributed by atoms with Gasteiger partial charge in [-0.05, 0) is 6.92 Å². The van der Waals surface area contributed by atoms with Crippen LogP contribution in [-0.4, -0.2) is 64.0 Å². The Morgan fingerprint density at radius 2 is 2.31 bits per heavy atom. The molecule has 2 unspecified atom stereocenters. The summed E-state index contributed by atoms with van der Waals surface area (Å²) in [5.41, 5.74) is 5.46. The second-order valence-corrected chi connectivity index (χ2v) is 5.92. The molecule has 96 valence electrons. The van der Waals surface area contributed by atoms with Crippen molar-refractivity contribution in [1.82, 2.24) is 4.31 Å². The zero-order chi connectivity index (χ0) is 12.2. The van der Waals surface area contributed by atoms with E-state index in [9.17, 15) is 8.42 Å². The largest absolute Gasteiger partial charge is 0.381 e. The van der Waals surface area contributed by atoms with Crippen molar-refractivity contribution in [2.45, 2.75) is 19.1 Å². The summed E-state index contributed by atoms with van der Waals surface area (Å²) in [5, 5.41) is 0. The number of sulfonamides is 1. The lowest BCUT2D eigenvalue weighted by molar-refractivity contribution is 0.00409. The number of morpholine rings is 1. The molecule has 1 fully saturated rings. The molecule has 1 rings (SSSR count). The van der Waals surface area contributed by atoms with Crippen LogP contribution in [-0.2, 0) is 19.5 Å². The second-order valence-electron chi connectivity index (χ2n) is 3.91. The van der Waals surface area contributed by atoms with Crippen molar-refractivity contribution in [1.29, 1.82) is 0 Å². The Hall–Kier alpha value is -0.210. The van der Waals surface area contributed by atoms with Gasteiger partial charge in [0.1, 0.15) is 0 Å². The molecule has 1 aliphatic rings. The van der Waals surface area contributed by atoms with Crippen LogP contribution in [0, 0.1) is 0 Å². The van der Waals surface area contributed by atoms with Crippen molar-refractivity contribution in [3.8, 4) is 0 Å². The van der Waals surface area contributed by atoms with Gasteiger partial charge in [0.2, 0.25) is 10.0 Å². The predicted octanol–water partition coefficient (Wildman–Crippen LogP) is -0.989. The monoisotopic (exact) mass is 252 g/mol. The summed E-state index contributed by atoms with van der Waals surface area (Å²) in [6.07, 6.45) is -0.495. The molecule has 0 radical (unpaired) electrons. The quantitative estimate of drug-likeness (QED) is 0.679. The lowest BCUT2D eigenvalue weighted by atomic mass is 10.3. The number of methoxy groups -OCH3 is 1. The Bertz CT molecular complexity index is 307. The molecule has 2 atom stereocenters. The van der Waals surface area contributed by atoms with E-state index in [0.29, 0.717) is 26.2 Å². The van der Waals surface area contributed by atoms with E-state index in [1.54, 1.807) is 6.92 Å². The topological polar surface area (TPSA) is 81.9 Å². The average molecular weight is 252 g/mol. The standard InChI is InChI=1S/C9H20N2O4S/c1-8(14-2)7-16(12,13)11-3-4-15-9(5-10)6-11/h8-9H,3-7,10H2,1-2H3. The van der Waals surface area contributed by atoms with Crippen LogP contribution in [0.5, 0.6) is 0 Å². The molecule has 0 spiro atoms. The average Bonchev–Trinajstić information content (AvgIpc) is 2.28. The molecule has 0 aromatic heterocycles. The highest BCUT2D eigenvalue weighted by Gasteiger charge is 2.29. The highest BCUT2D eigenvalue weighted by molar-refractivity contribution is 7.89. The zero-order valence-electron chi connectivity index (χ0n) is 9.76. The van der Waals surface area contributed by atoms with E-state index in [-0.39, 0.29) is 18.0 Å². The van der Waals surface area contributed by atoms with Crippen LogP contribution in [0.1, 0.15) is 6.92 Å². The Labute approximate surface area is 96.7 Å². The highest BCUT2D eigenvalue weighted by Crippen LogP contribution is 2.11. The smallest absolute Gasteiger partial charge is 0.216 e. The summed E-state index contributed by atoms with van der Waals surface area (Å²) >= 11 is 0. The molecular formula is C9H20N2O4S. The van der Waals surface area contributed by atoms with Crippen molar-refractivity contribution in [2.24, 2.45) is 5.73 Å². The molecular weight excluding hydrogens is 232 g/mol. The normalized spacial score (nSPS) is 25.6. The van der Waals surface area contributed by atoms with Crippen LogP contribution < -0.4 is 5.73 Å². The number of rotatable bonds is 5. The van der Waals surface area contributed by atoms with Gasteiger partial charge in [0.05, 0.1) is 24.6 Å². The van der Waals surface area contributed by atoms with Crippen molar-refractivity contribution in [3.05, 3.63) is 0 Å². The van der Waals surface area contributed by atoms with Crippen LogP contribution in [0.15, 0.2) is 0 Å². The molecule has 0 aromatic rings. The van der Waals surface area contributed by atoms with Crippen LogP contribution >= 0.6 is 0 Å². The number of nitrogens with zero attached hydrogens (tertiary/aromatic N) is 1. The van der Waals surface area contributed by atoms with Crippen molar-refractivity contribution >= 4 is 10.0 Å². The van der Waals surface area contributed by atoms with E-state index in [1.807, 2.05) is 0 Å². The van der Waals surface area contributed by atoms with E-state index in [0.717, 1.165) is 0 Å². The second kappa shape index (κ2) is 5.92. The lowest BCUT2D eigenvalue weighted by Crippen LogP contribution is -2.49. The molecule has 0 amide bonds. The van der Waals surface area contributed by atoms with Crippen LogP contribution in [0.25, 0.3) is 0 Å². The minimum absolute atomic E-state index is 0.000785. The summed E-state index contributed by atoms with van der Waals surface area (Å²) in [6, 6.07) is 0. The molecule has 0 bridgehead atoms. The summed E-state index contributed by atoms with van der Waals surface area (Å²) in [7, 11) is -1.76. The fourth-order valence-corrected chi connectivity index (χ4v) is 3.24. The molecule has 16 heavy (non-hydrogen) atoms. The van der Waals surface area contributed by atoms with Gasteiger partial charge in [-0.25, -0.2) is 8.42 Å². The molecule has 2 N–H and O–H groups in total. The summed E-state index contributed by atoms with van der Waals surface area (Å²) in [6.45, 7) is 3.22. The number of nitrogens with two attached hydrogens (primary N) is 1. The van der Waals surface area contributed by atoms with Crippen LogP contribution in [0.2, 0.25) is 0 Å². The first-order chi connectivity index (χ1) is 7.49. The van der Waals surface area contributed by atoms with E-state index in [2.05, 4.69) is 0 Å². The van der Waals surface area contributed by atoms with Gasteiger partial charge in [-0.15, -0.1) is 0 Å². The fourth-order valence-electron chi connectivity index (χ4n) is 1.56. The van der Waals surface area contributed by atoms with E-state index in [1.165, 1.54) is 11.4 Å². The highest BCUT2D eigenvalue weighted by atomic mass is 32.2. The molecule has 0 saturated carbocycles. The van der Waals surface area contributed by atoms with Crippen molar-refractivity contribution < 1.29 is 17.9 Å². The molecule has 1 saturated heterocycles. The molecule has 6 nitrogen and oxygen atoms in total. The van der Waals surface area contributed by atoms with Gasteiger partial charge in [-0.2, -0.15) is 4.31 Å². The van der Waals surface area contributed by atoms with Crippen molar-refractivity contribution in [3.63, 3.8) is 0 Å². The third-order valence-electron chi connectivity index (χ3n) is 2.61. The van der Waals surface area contributed by atoms with Crippen LogP contribution in [0.3, 0.4) is 0 Å². The SMILES string of the molecule is COC(C)CS(=O)(=O)N1CCOC(CN)C1. The molecule has 7 heteroatoms. The number of hydrogen-bond acceptors (Lipinski definition) is 5. The lowest BCUT2D eigenvalue weighted by Gasteiger charge is -2.32. The third kappa shape index (κ3) is 3.67. The number of hydrogen-bond donors (Lipinski definition) is 1. The maximum atomic E-state index is 12.0. The van der Waals surface area contributed by atoms with Gasteiger partial charge in [0, 0.05) is 26.7 Å². The van der Waals surface area contributed by atoms with Gasteiger partial charge >= 0.3 is 0 Å². The van der Waals surface area contributed by atoms with Gasteiger partial charge in [0.15, 0.2) is 0 Å². The molecule has 1 aliphatic heterocycles. The minimum atomic E-state index is -3.26. The van der Waals surface area contributed by atoms with Crippen molar-refractivity contribution in [2.75, 3.05) is 39.1 Å². The first-order valence-electron chi connectivity index (χ1n) is 5.32. The van der Waals surface area contributed by atoms with E-state index < -0.39 is 10.0 Å². The van der Waals surface area contributed by atoms with Gasteiger partial charge in [-0.1, -0.05) is 0 Å². The molecule has 0 aromatic carbocycles. The molecule has 0 aliphatic carbocycles.